The first kappa shape index (κ1) is 20.2. The monoisotopic (exact) mass is 473 g/mol. The molecular weight excluding hydrogens is 449 g/mol. The maximum atomic E-state index is 13.1. The predicted molar refractivity (Wildman–Crippen MR) is 117 cm³/mol. The number of aryl methyl sites for hydroxylation is 1. The molecule has 2 atom stereocenters. The third-order valence-corrected chi connectivity index (χ3v) is 9.40. The standard InChI is InChI=1S/C23H23NO3SSe/c1-16-11-13-18(14-12-16)28(25,26)24-23-19-8-4-3-7-17(19)15-22(23)29-21-10-6-5-9-20(21)27-2/h3-14,22-24H,15H2,1-2H3/t22-,23-/m0/s1. The fraction of sp³-hybridized carbons (Fsp3) is 0.217. The van der Waals surface area contributed by atoms with Crippen molar-refractivity contribution in [1.82, 2.24) is 4.72 Å². The Labute approximate surface area is 178 Å². The molecular formula is C23H23NO3SSe. The van der Waals surface area contributed by atoms with Gasteiger partial charge in [0.1, 0.15) is 0 Å². The summed E-state index contributed by atoms with van der Waals surface area (Å²) in [5.41, 5.74) is 3.32. The average molecular weight is 472 g/mol. The molecule has 0 amide bonds. The van der Waals surface area contributed by atoms with Crippen LogP contribution < -0.4 is 13.9 Å². The number of methoxy groups -OCH3 is 1. The van der Waals surface area contributed by atoms with Crippen molar-refractivity contribution < 1.29 is 13.2 Å². The molecule has 0 spiro atoms. The van der Waals surface area contributed by atoms with Gasteiger partial charge in [0.05, 0.1) is 0 Å². The van der Waals surface area contributed by atoms with Gasteiger partial charge in [-0.1, -0.05) is 0 Å². The zero-order valence-corrected chi connectivity index (χ0v) is 18.9. The molecule has 1 aliphatic rings. The molecule has 1 N–H and O–H groups in total. The van der Waals surface area contributed by atoms with Crippen LogP contribution in [0.15, 0.2) is 77.7 Å². The van der Waals surface area contributed by atoms with Crippen LogP contribution in [0.3, 0.4) is 0 Å². The van der Waals surface area contributed by atoms with Crippen LogP contribution >= 0.6 is 0 Å². The van der Waals surface area contributed by atoms with Gasteiger partial charge in [-0.05, 0) is 0 Å². The van der Waals surface area contributed by atoms with Crippen LogP contribution in [0.2, 0.25) is 4.82 Å². The number of fused-ring (bicyclic) bond motifs is 1. The van der Waals surface area contributed by atoms with Gasteiger partial charge in [-0.15, -0.1) is 0 Å². The Morgan fingerprint density at radius 2 is 1.66 bits per heavy atom. The van der Waals surface area contributed by atoms with Crippen molar-refractivity contribution in [1.29, 1.82) is 0 Å². The van der Waals surface area contributed by atoms with Crippen LogP contribution in [-0.2, 0) is 16.4 Å². The molecule has 6 heteroatoms. The first-order valence-electron chi connectivity index (χ1n) is 9.44. The second kappa shape index (κ2) is 8.33. The zero-order chi connectivity index (χ0) is 20.4. The van der Waals surface area contributed by atoms with Crippen molar-refractivity contribution in [3.05, 3.63) is 89.5 Å². The summed E-state index contributed by atoms with van der Waals surface area (Å²) in [6, 6.07) is 22.9. The van der Waals surface area contributed by atoms with E-state index in [1.54, 1.807) is 19.2 Å². The summed E-state index contributed by atoms with van der Waals surface area (Å²) >= 11 is 0.0477. The molecule has 150 valence electrons. The molecule has 0 radical (unpaired) electrons. The minimum absolute atomic E-state index is 0.0477. The quantitative estimate of drug-likeness (QED) is 0.560. The van der Waals surface area contributed by atoms with Gasteiger partial charge in [0.2, 0.25) is 0 Å². The molecule has 29 heavy (non-hydrogen) atoms. The van der Waals surface area contributed by atoms with Crippen LogP contribution in [-0.4, -0.2) is 30.5 Å². The molecule has 0 saturated heterocycles. The van der Waals surface area contributed by atoms with Gasteiger partial charge < -0.3 is 0 Å². The molecule has 0 aromatic heterocycles. The molecule has 4 nitrogen and oxygen atoms in total. The van der Waals surface area contributed by atoms with Crippen LogP contribution in [0.5, 0.6) is 5.75 Å². The van der Waals surface area contributed by atoms with Gasteiger partial charge in [0.25, 0.3) is 0 Å². The molecule has 3 aromatic rings. The van der Waals surface area contributed by atoms with Gasteiger partial charge in [0.15, 0.2) is 0 Å². The number of sulfonamides is 1. The molecule has 0 bridgehead atoms. The van der Waals surface area contributed by atoms with Gasteiger partial charge in [-0.2, -0.15) is 0 Å². The third-order valence-electron chi connectivity index (χ3n) is 5.14. The summed E-state index contributed by atoms with van der Waals surface area (Å²) in [5, 5.41) is 0. The van der Waals surface area contributed by atoms with E-state index >= 15 is 0 Å². The van der Waals surface area contributed by atoms with E-state index in [9.17, 15) is 8.42 Å². The summed E-state index contributed by atoms with van der Waals surface area (Å²) in [5.74, 6) is 0.864. The topological polar surface area (TPSA) is 55.4 Å². The fourth-order valence-electron chi connectivity index (χ4n) is 3.64. The Hall–Kier alpha value is -2.11. The SMILES string of the molecule is COc1ccccc1[Se][C@H]1Cc2ccccc2[C@@H]1NS(=O)(=O)c1ccc(C)cc1. The maximum absolute atomic E-state index is 13.1. The average Bonchev–Trinajstić information content (AvgIpc) is 3.05. The Morgan fingerprint density at radius 3 is 2.41 bits per heavy atom. The minimum atomic E-state index is -3.62. The predicted octanol–water partition coefficient (Wildman–Crippen LogP) is 3.40. The zero-order valence-electron chi connectivity index (χ0n) is 16.3. The van der Waals surface area contributed by atoms with E-state index < -0.39 is 10.0 Å². The molecule has 0 unspecified atom stereocenters. The molecule has 0 fully saturated rings. The second-order valence-electron chi connectivity index (χ2n) is 7.12. The van der Waals surface area contributed by atoms with E-state index in [1.807, 2.05) is 55.5 Å². The van der Waals surface area contributed by atoms with Gasteiger partial charge in [0, 0.05) is 0 Å². The van der Waals surface area contributed by atoms with Gasteiger partial charge in [-0.25, -0.2) is 0 Å². The van der Waals surface area contributed by atoms with E-state index in [1.165, 1.54) is 5.56 Å². The molecule has 0 saturated carbocycles. The number of rotatable bonds is 6. The van der Waals surface area contributed by atoms with Gasteiger partial charge in [-0.3, -0.25) is 0 Å². The van der Waals surface area contributed by atoms with E-state index in [0.717, 1.165) is 27.8 Å². The number of para-hydroxylation sites is 1. The third kappa shape index (κ3) is 4.26. The van der Waals surface area contributed by atoms with Crippen molar-refractivity contribution in [2.75, 3.05) is 7.11 Å². The first-order chi connectivity index (χ1) is 14.0. The number of hydrogen-bond donors (Lipinski definition) is 1. The van der Waals surface area contributed by atoms with E-state index in [-0.39, 0.29) is 25.8 Å². The van der Waals surface area contributed by atoms with E-state index in [0.29, 0.717) is 4.90 Å². The van der Waals surface area contributed by atoms with Crippen molar-refractivity contribution in [2.45, 2.75) is 29.1 Å². The van der Waals surface area contributed by atoms with Crippen LogP contribution in [0.4, 0.5) is 0 Å². The molecule has 0 heterocycles. The number of hydrogen-bond acceptors (Lipinski definition) is 3. The summed E-state index contributed by atoms with van der Waals surface area (Å²) in [6.45, 7) is 1.95. The normalized spacial score (nSPS) is 18.4. The Kier molecular flexibility index (Phi) is 5.79. The number of nitrogens with one attached hydrogen (secondary N) is 1. The Balaban J connectivity index is 1.66. The Morgan fingerprint density at radius 1 is 0.966 bits per heavy atom. The summed E-state index contributed by atoms with van der Waals surface area (Å²) in [4.78, 5) is 0.479. The summed E-state index contributed by atoms with van der Waals surface area (Å²) in [6.07, 6.45) is 0.856. The Bertz CT molecular complexity index is 1110. The van der Waals surface area contributed by atoms with Crippen LogP contribution in [0, 0.1) is 6.92 Å². The van der Waals surface area contributed by atoms with Crippen molar-refractivity contribution in [3.8, 4) is 5.75 Å². The van der Waals surface area contributed by atoms with Crippen molar-refractivity contribution in [3.63, 3.8) is 0 Å². The molecule has 1 aliphatic carbocycles. The molecule has 4 rings (SSSR count). The second-order valence-corrected chi connectivity index (χ2v) is 11.5. The molecule has 0 aliphatic heterocycles. The van der Waals surface area contributed by atoms with E-state index in [2.05, 4.69) is 16.9 Å². The van der Waals surface area contributed by atoms with E-state index in [4.69, 9.17) is 4.74 Å². The van der Waals surface area contributed by atoms with Crippen LogP contribution in [0.1, 0.15) is 22.7 Å². The summed E-state index contributed by atoms with van der Waals surface area (Å²) in [7, 11) is -1.94. The summed E-state index contributed by atoms with van der Waals surface area (Å²) < 4.78 is 35.9. The van der Waals surface area contributed by atoms with Crippen molar-refractivity contribution >= 4 is 29.4 Å². The number of ether oxygens (including phenoxy) is 1. The first-order valence-corrected chi connectivity index (χ1v) is 12.8. The van der Waals surface area contributed by atoms with Crippen molar-refractivity contribution in [2.24, 2.45) is 0 Å². The number of benzene rings is 3. The molecule has 3 aromatic carbocycles. The van der Waals surface area contributed by atoms with Crippen LogP contribution in [0.25, 0.3) is 0 Å². The van der Waals surface area contributed by atoms with Gasteiger partial charge >= 0.3 is 179 Å². The fourth-order valence-corrected chi connectivity index (χ4v) is 7.95.